The Morgan fingerprint density at radius 3 is 2.74 bits per heavy atom. The van der Waals surface area contributed by atoms with Crippen LogP contribution in [0.1, 0.15) is 5.56 Å². The molecule has 0 fully saturated rings. The Labute approximate surface area is 109 Å². The number of hydrogen-bond donors (Lipinski definition) is 2. The number of anilines is 1. The van der Waals surface area contributed by atoms with Crippen LogP contribution in [-0.4, -0.2) is 4.98 Å². The highest BCUT2D eigenvalue weighted by atomic mass is 19.1. The summed E-state index contributed by atoms with van der Waals surface area (Å²) in [6, 6.07) is 11.4. The fourth-order valence-electron chi connectivity index (χ4n) is 2.10. The minimum atomic E-state index is -0.583. The van der Waals surface area contributed by atoms with Crippen LogP contribution in [0.15, 0.2) is 48.7 Å². The van der Waals surface area contributed by atoms with Gasteiger partial charge in [-0.15, -0.1) is 0 Å². The molecule has 4 heteroatoms. The van der Waals surface area contributed by atoms with Gasteiger partial charge in [-0.25, -0.2) is 8.78 Å². The molecule has 2 N–H and O–H groups in total. The van der Waals surface area contributed by atoms with Gasteiger partial charge in [0, 0.05) is 29.7 Å². The number of H-pyrrole nitrogens is 1. The minimum Gasteiger partial charge on any atom is -0.379 e. The third-order valence-corrected chi connectivity index (χ3v) is 3.08. The van der Waals surface area contributed by atoms with Crippen molar-refractivity contribution in [1.82, 2.24) is 4.98 Å². The second kappa shape index (κ2) is 4.72. The number of nitrogens with one attached hydrogen (secondary N) is 2. The first-order chi connectivity index (χ1) is 9.24. The van der Waals surface area contributed by atoms with Crippen molar-refractivity contribution < 1.29 is 8.78 Å². The van der Waals surface area contributed by atoms with Gasteiger partial charge in [-0.3, -0.25) is 0 Å². The zero-order chi connectivity index (χ0) is 13.2. The van der Waals surface area contributed by atoms with Crippen LogP contribution in [0.25, 0.3) is 10.9 Å². The molecular formula is C15H12F2N2. The molecule has 3 rings (SSSR count). The van der Waals surface area contributed by atoms with Crippen LogP contribution in [0.2, 0.25) is 0 Å². The van der Waals surface area contributed by atoms with E-state index in [1.54, 1.807) is 0 Å². The highest BCUT2D eigenvalue weighted by molar-refractivity contribution is 5.83. The Bertz CT molecular complexity index is 719. The summed E-state index contributed by atoms with van der Waals surface area (Å²) >= 11 is 0. The topological polar surface area (TPSA) is 27.8 Å². The quantitative estimate of drug-likeness (QED) is 0.728. The number of rotatable bonds is 3. The Morgan fingerprint density at radius 1 is 1.05 bits per heavy atom. The molecule has 1 aromatic heterocycles. The average molecular weight is 258 g/mol. The lowest BCUT2D eigenvalue weighted by atomic mass is 10.2. The maximum absolute atomic E-state index is 13.5. The van der Waals surface area contributed by atoms with Crippen molar-refractivity contribution in [1.29, 1.82) is 0 Å². The molecule has 0 saturated carbocycles. The molecule has 0 aliphatic heterocycles. The first-order valence-corrected chi connectivity index (χ1v) is 5.98. The average Bonchev–Trinajstić information content (AvgIpc) is 2.81. The number of halogens is 2. The Balaban J connectivity index is 1.82. The summed E-state index contributed by atoms with van der Waals surface area (Å²) in [5.41, 5.74) is 2.38. The first-order valence-electron chi connectivity index (χ1n) is 5.98. The molecule has 1 heterocycles. The van der Waals surface area contributed by atoms with Crippen molar-refractivity contribution in [3.05, 3.63) is 65.9 Å². The summed E-state index contributed by atoms with van der Waals surface area (Å²) in [4.78, 5) is 3.15. The lowest BCUT2D eigenvalue weighted by molar-refractivity contribution is 0.585. The van der Waals surface area contributed by atoms with Gasteiger partial charge >= 0.3 is 0 Å². The van der Waals surface area contributed by atoms with Gasteiger partial charge in [0.05, 0.1) is 5.69 Å². The predicted octanol–water partition coefficient (Wildman–Crippen LogP) is 4.06. The van der Waals surface area contributed by atoms with E-state index in [0.29, 0.717) is 12.2 Å². The summed E-state index contributed by atoms with van der Waals surface area (Å²) < 4.78 is 26.3. The van der Waals surface area contributed by atoms with Crippen molar-refractivity contribution in [2.45, 2.75) is 6.54 Å². The van der Waals surface area contributed by atoms with Gasteiger partial charge in [0.15, 0.2) is 0 Å². The van der Waals surface area contributed by atoms with Crippen LogP contribution in [0, 0.1) is 11.6 Å². The van der Waals surface area contributed by atoms with Crippen LogP contribution in [0.3, 0.4) is 0 Å². The van der Waals surface area contributed by atoms with Crippen LogP contribution in [-0.2, 0) is 6.54 Å². The van der Waals surface area contributed by atoms with E-state index in [2.05, 4.69) is 10.3 Å². The maximum atomic E-state index is 13.5. The maximum Gasteiger partial charge on any atom is 0.149 e. The molecule has 3 aromatic rings. The standard InChI is InChI=1S/C15H12F2N2/c16-11-5-6-15(13(17)7-11)19-9-10-8-18-14-4-2-1-3-12(10)14/h1-8,18-19H,9H2. The smallest absolute Gasteiger partial charge is 0.149 e. The molecule has 0 aliphatic rings. The largest absolute Gasteiger partial charge is 0.379 e. The van der Waals surface area contributed by atoms with Crippen LogP contribution < -0.4 is 5.32 Å². The number of benzene rings is 2. The summed E-state index contributed by atoms with van der Waals surface area (Å²) in [7, 11) is 0. The van der Waals surface area contributed by atoms with Gasteiger partial charge in [-0.1, -0.05) is 18.2 Å². The van der Waals surface area contributed by atoms with Crippen LogP contribution >= 0.6 is 0 Å². The molecule has 0 aliphatic carbocycles. The summed E-state index contributed by atoms with van der Waals surface area (Å²) in [6.45, 7) is 0.479. The first kappa shape index (κ1) is 11.7. The van der Waals surface area contributed by atoms with Crippen molar-refractivity contribution in [2.75, 3.05) is 5.32 Å². The van der Waals surface area contributed by atoms with Gasteiger partial charge < -0.3 is 10.3 Å². The molecule has 0 saturated heterocycles. The van der Waals surface area contributed by atoms with E-state index in [-0.39, 0.29) is 0 Å². The molecule has 0 amide bonds. The van der Waals surface area contributed by atoms with Gasteiger partial charge in [0.2, 0.25) is 0 Å². The Hall–Kier alpha value is -2.36. The minimum absolute atomic E-state index is 0.298. The third-order valence-electron chi connectivity index (χ3n) is 3.08. The van der Waals surface area contributed by atoms with Crippen molar-refractivity contribution >= 4 is 16.6 Å². The molecular weight excluding hydrogens is 246 g/mol. The fourth-order valence-corrected chi connectivity index (χ4v) is 2.10. The normalized spacial score (nSPS) is 10.8. The second-order valence-electron chi connectivity index (χ2n) is 4.34. The molecule has 0 spiro atoms. The molecule has 0 bridgehead atoms. The van der Waals surface area contributed by atoms with Crippen molar-refractivity contribution in [2.24, 2.45) is 0 Å². The fraction of sp³-hybridized carbons (Fsp3) is 0.0667. The summed E-state index contributed by atoms with van der Waals surface area (Å²) in [5.74, 6) is -1.16. The van der Waals surface area contributed by atoms with E-state index in [1.165, 1.54) is 12.1 Å². The SMILES string of the molecule is Fc1ccc(NCc2c[nH]c3ccccc23)c(F)c1. The lowest BCUT2D eigenvalue weighted by Gasteiger charge is -2.06. The zero-order valence-electron chi connectivity index (χ0n) is 10.1. The van der Waals surface area contributed by atoms with Crippen LogP contribution in [0.5, 0.6) is 0 Å². The van der Waals surface area contributed by atoms with Crippen molar-refractivity contribution in [3.63, 3.8) is 0 Å². The van der Waals surface area contributed by atoms with Gasteiger partial charge in [0.1, 0.15) is 11.6 Å². The van der Waals surface area contributed by atoms with Gasteiger partial charge in [0.25, 0.3) is 0 Å². The zero-order valence-corrected chi connectivity index (χ0v) is 10.1. The van der Waals surface area contributed by atoms with Gasteiger partial charge in [-0.2, -0.15) is 0 Å². The van der Waals surface area contributed by atoms with Crippen molar-refractivity contribution in [3.8, 4) is 0 Å². The number of para-hydroxylation sites is 1. The monoisotopic (exact) mass is 258 g/mol. The second-order valence-corrected chi connectivity index (χ2v) is 4.34. The van der Waals surface area contributed by atoms with E-state index in [1.807, 2.05) is 30.5 Å². The summed E-state index contributed by atoms with van der Waals surface area (Å²) in [5, 5.41) is 4.07. The number of hydrogen-bond acceptors (Lipinski definition) is 1. The highest BCUT2D eigenvalue weighted by Gasteiger charge is 2.06. The lowest BCUT2D eigenvalue weighted by Crippen LogP contribution is -2.01. The van der Waals surface area contributed by atoms with E-state index >= 15 is 0 Å². The van der Waals surface area contributed by atoms with E-state index in [0.717, 1.165) is 22.5 Å². The summed E-state index contributed by atoms with van der Waals surface area (Å²) in [6.07, 6.45) is 1.89. The Morgan fingerprint density at radius 2 is 1.89 bits per heavy atom. The highest BCUT2D eigenvalue weighted by Crippen LogP contribution is 2.20. The molecule has 2 nitrogen and oxygen atoms in total. The number of aromatic amines is 1. The van der Waals surface area contributed by atoms with Crippen LogP contribution in [0.4, 0.5) is 14.5 Å². The Kier molecular flexibility index (Phi) is 2.91. The molecule has 2 aromatic carbocycles. The van der Waals surface area contributed by atoms with Gasteiger partial charge in [-0.05, 0) is 23.8 Å². The predicted molar refractivity (Wildman–Crippen MR) is 72.0 cm³/mol. The molecule has 96 valence electrons. The van der Waals surface area contributed by atoms with E-state index < -0.39 is 11.6 Å². The third kappa shape index (κ3) is 2.29. The number of aromatic nitrogens is 1. The molecule has 19 heavy (non-hydrogen) atoms. The number of fused-ring (bicyclic) bond motifs is 1. The molecule has 0 atom stereocenters. The molecule has 0 radical (unpaired) electrons. The molecule has 0 unspecified atom stereocenters. The van der Waals surface area contributed by atoms with E-state index in [9.17, 15) is 8.78 Å². The van der Waals surface area contributed by atoms with E-state index in [4.69, 9.17) is 0 Å².